The van der Waals surface area contributed by atoms with E-state index in [1.54, 1.807) is 16.7 Å². The third kappa shape index (κ3) is 3.84. The summed E-state index contributed by atoms with van der Waals surface area (Å²) in [5, 5.41) is 10.6. The van der Waals surface area contributed by atoms with E-state index in [4.69, 9.17) is 5.11 Å². The van der Waals surface area contributed by atoms with Crippen LogP contribution in [0.25, 0.3) is 0 Å². The van der Waals surface area contributed by atoms with Crippen LogP contribution in [0.4, 0.5) is 0 Å². The van der Waals surface area contributed by atoms with Gasteiger partial charge in [0, 0.05) is 45.1 Å². The van der Waals surface area contributed by atoms with E-state index in [9.17, 15) is 9.59 Å². The maximum absolute atomic E-state index is 12.5. The van der Waals surface area contributed by atoms with Crippen LogP contribution in [0, 0.1) is 11.8 Å². The second kappa shape index (κ2) is 7.25. The summed E-state index contributed by atoms with van der Waals surface area (Å²) in [5.41, 5.74) is 0.715. The molecule has 0 saturated carbocycles. The summed E-state index contributed by atoms with van der Waals surface area (Å²) in [6.07, 6.45) is 0.404. The Hall–Kier alpha value is -1.84. The van der Waals surface area contributed by atoms with Crippen LogP contribution >= 0.6 is 11.3 Å². The number of amides is 2. The topological polar surface area (TPSA) is 60.9 Å². The average molecular weight is 306 g/mol. The van der Waals surface area contributed by atoms with E-state index >= 15 is 0 Å². The first-order chi connectivity index (χ1) is 10.1. The summed E-state index contributed by atoms with van der Waals surface area (Å²) in [7, 11) is 0. The molecule has 0 aliphatic carbocycles. The van der Waals surface area contributed by atoms with Gasteiger partial charge in [-0.1, -0.05) is 11.8 Å². The molecule has 21 heavy (non-hydrogen) atoms. The lowest BCUT2D eigenvalue weighted by Gasteiger charge is -2.34. The molecule has 0 aromatic carbocycles. The average Bonchev–Trinajstić information content (AvgIpc) is 2.95. The van der Waals surface area contributed by atoms with Crippen molar-refractivity contribution in [3.63, 3.8) is 0 Å². The molecule has 0 unspecified atom stereocenters. The third-order valence-electron chi connectivity index (χ3n) is 3.33. The molecule has 1 aliphatic rings. The van der Waals surface area contributed by atoms with Gasteiger partial charge in [0.05, 0.1) is 6.61 Å². The fourth-order valence-electron chi connectivity index (χ4n) is 2.15. The molecule has 2 rings (SSSR count). The number of thiophene rings is 1. The van der Waals surface area contributed by atoms with Crippen molar-refractivity contribution in [3.8, 4) is 11.8 Å². The van der Waals surface area contributed by atoms with E-state index in [2.05, 4.69) is 11.8 Å². The number of aliphatic hydroxyl groups excluding tert-OH is 1. The molecule has 5 nitrogen and oxygen atoms in total. The summed E-state index contributed by atoms with van der Waals surface area (Å²) in [4.78, 5) is 27.9. The molecule has 1 aliphatic heterocycles. The SMILES string of the molecule is CC(=O)N1CCN(C(=O)c2sccc2C#CCCO)CC1. The van der Waals surface area contributed by atoms with Crippen molar-refractivity contribution >= 4 is 23.2 Å². The van der Waals surface area contributed by atoms with Crippen LogP contribution in [0.5, 0.6) is 0 Å². The second-order valence-electron chi connectivity index (χ2n) is 4.74. The number of aliphatic hydroxyl groups is 1. The molecule has 2 heterocycles. The molecule has 1 aromatic heterocycles. The highest BCUT2D eigenvalue weighted by atomic mass is 32.1. The van der Waals surface area contributed by atoms with Crippen LogP contribution in [-0.2, 0) is 4.79 Å². The number of carbonyl (C=O) groups is 2. The minimum Gasteiger partial charge on any atom is -0.395 e. The van der Waals surface area contributed by atoms with Gasteiger partial charge in [-0.05, 0) is 11.4 Å². The fraction of sp³-hybridized carbons (Fsp3) is 0.467. The summed E-state index contributed by atoms with van der Waals surface area (Å²) < 4.78 is 0. The number of hydrogen-bond donors (Lipinski definition) is 1. The van der Waals surface area contributed by atoms with E-state index in [1.807, 2.05) is 11.4 Å². The third-order valence-corrected chi connectivity index (χ3v) is 4.23. The molecule has 0 radical (unpaired) electrons. The minimum atomic E-state index is -0.0264. The van der Waals surface area contributed by atoms with Crippen LogP contribution < -0.4 is 0 Å². The molecule has 1 aromatic rings. The highest BCUT2D eigenvalue weighted by molar-refractivity contribution is 7.12. The molecule has 0 spiro atoms. The number of carbonyl (C=O) groups excluding carboxylic acids is 2. The summed E-state index contributed by atoms with van der Waals surface area (Å²) in [5.74, 6) is 5.79. The lowest BCUT2D eigenvalue weighted by Crippen LogP contribution is -2.50. The predicted molar refractivity (Wildman–Crippen MR) is 81.1 cm³/mol. The van der Waals surface area contributed by atoms with Gasteiger partial charge in [-0.15, -0.1) is 11.3 Å². The van der Waals surface area contributed by atoms with E-state index < -0.39 is 0 Å². The molecule has 0 atom stereocenters. The minimum absolute atomic E-state index is 0.0213. The molecule has 1 fully saturated rings. The quantitative estimate of drug-likeness (QED) is 0.822. The molecule has 6 heteroatoms. The lowest BCUT2D eigenvalue weighted by molar-refractivity contribution is -0.130. The molecular weight excluding hydrogens is 288 g/mol. The molecule has 1 saturated heterocycles. The van der Waals surface area contributed by atoms with Crippen molar-refractivity contribution in [2.24, 2.45) is 0 Å². The van der Waals surface area contributed by atoms with Crippen molar-refractivity contribution < 1.29 is 14.7 Å². The predicted octanol–water partition coefficient (Wildman–Crippen LogP) is 0.786. The van der Waals surface area contributed by atoms with Crippen molar-refractivity contribution in [2.45, 2.75) is 13.3 Å². The summed E-state index contributed by atoms with van der Waals surface area (Å²) >= 11 is 1.38. The van der Waals surface area contributed by atoms with Crippen LogP contribution in [0.15, 0.2) is 11.4 Å². The van der Waals surface area contributed by atoms with Gasteiger partial charge < -0.3 is 14.9 Å². The Labute approximate surface area is 128 Å². The van der Waals surface area contributed by atoms with Gasteiger partial charge in [0.15, 0.2) is 0 Å². The summed E-state index contributed by atoms with van der Waals surface area (Å²) in [6.45, 7) is 3.84. The van der Waals surface area contributed by atoms with Crippen molar-refractivity contribution in [1.29, 1.82) is 0 Å². The van der Waals surface area contributed by atoms with Crippen LogP contribution in [0.2, 0.25) is 0 Å². The zero-order valence-corrected chi connectivity index (χ0v) is 12.8. The molecule has 112 valence electrons. The maximum Gasteiger partial charge on any atom is 0.265 e. The zero-order chi connectivity index (χ0) is 15.2. The molecule has 2 amide bonds. The Morgan fingerprint density at radius 2 is 1.95 bits per heavy atom. The van der Waals surface area contributed by atoms with E-state index in [1.165, 1.54) is 11.3 Å². The first-order valence-corrected chi connectivity index (χ1v) is 7.73. The van der Waals surface area contributed by atoms with Gasteiger partial charge >= 0.3 is 0 Å². The van der Waals surface area contributed by atoms with E-state index in [0.717, 1.165) is 0 Å². The number of rotatable bonds is 2. The lowest BCUT2D eigenvalue weighted by atomic mass is 10.2. The van der Waals surface area contributed by atoms with Gasteiger partial charge in [-0.3, -0.25) is 9.59 Å². The zero-order valence-electron chi connectivity index (χ0n) is 12.0. The van der Waals surface area contributed by atoms with Gasteiger partial charge in [0.2, 0.25) is 5.91 Å². The molecular formula is C15H18N2O3S. The normalized spacial score (nSPS) is 14.6. The first-order valence-electron chi connectivity index (χ1n) is 6.85. The van der Waals surface area contributed by atoms with Crippen LogP contribution in [0.1, 0.15) is 28.6 Å². The largest absolute Gasteiger partial charge is 0.395 e. The number of nitrogens with zero attached hydrogens (tertiary/aromatic N) is 2. The van der Waals surface area contributed by atoms with E-state index in [-0.39, 0.29) is 18.4 Å². The Kier molecular flexibility index (Phi) is 5.37. The highest BCUT2D eigenvalue weighted by Crippen LogP contribution is 2.19. The van der Waals surface area contributed by atoms with Gasteiger partial charge in [0.1, 0.15) is 4.88 Å². The monoisotopic (exact) mass is 306 g/mol. The Morgan fingerprint density at radius 3 is 2.57 bits per heavy atom. The number of piperazine rings is 1. The van der Waals surface area contributed by atoms with Gasteiger partial charge in [-0.25, -0.2) is 0 Å². The van der Waals surface area contributed by atoms with Gasteiger partial charge in [0.25, 0.3) is 5.91 Å². The molecule has 0 bridgehead atoms. The number of hydrogen-bond acceptors (Lipinski definition) is 4. The first kappa shape index (κ1) is 15.5. The second-order valence-corrected chi connectivity index (χ2v) is 5.65. The van der Waals surface area contributed by atoms with Crippen molar-refractivity contribution in [3.05, 3.63) is 21.9 Å². The highest BCUT2D eigenvalue weighted by Gasteiger charge is 2.25. The summed E-state index contributed by atoms with van der Waals surface area (Å²) in [6, 6.07) is 1.83. The Balaban J connectivity index is 2.03. The van der Waals surface area contributed by atoms with Gasteiger partial charge in [-0.2, -0.15) is 0 Å². The Bertz CT molecular complexity index is 577. The fourth-order valence-corrected chi connectivity index (χ4v) is 2.97. The van der Waals surface area contributed by atoms with Crippen LogP contribution in [-0.4, -0.2) is 59.5 Å². The maximum atomic E-state index is 12.5. The Morgan fingerprint density at radius 1 is 1.29 bits per heavy atom. The van der Waals surface area contributed by atoms with Crippen molar-refractivity contribution in [2.75, 3.05) is 32.8 Å². The molecule has 1 N–H and O–H groups in total. The standard InChI is InChI=1S/C15H18N2O3S/c1-12(19)16-6-8-17(9-7-16)15(20)14-13(5-11-21-14)4-2-3-10-18/h5,11,18H,3,6-10H2,1H3. The van der Waals surface area contributed by atoms with Crippen LogP contribution in [0.3, 0.4) is 0 Å². The van der Waals surface area contributed by atoms with Crippen molar-refractivity contribution in [1.82, 2.24) is 9.80 Å². The smallest absolute Gasteiger partial charge is 0.265 e. The van der Waals surface area contributed by atoms with E-state index in [0.29, 0.717) is 43.0 Å².